The number of aromatic nitrogens is 1. The van der Waals surface area contributed by atoms with Crippen LogP contribution in [-0.4, -0.2) is 4.98 Å². The van der Waals surface area contributed by atoms with Gasteiger partial charge in [0, 0.05) is 23.0 Å². The Morgan fingerprint density at radius 3 is 3.25 bits per heavy atom. The highest BCUT2D eigenvalue weighted by molar-refractivity contribution is 5.80. The molecular weight excluding hydrogens is 146 g/mol. The van der Waals surface area contributed by atoms with E-state index in [1.165, 1.54) is 16.6 Å². The van der Waals surface area contributed by atoms with E-state index in [1.807, 2.05) is 24.3 Å². The molecule has 2 rings (SSSR count). The lowest BCUT2D eigenvalue weighted by atomic mass is 10.2. The first-order chi connectivity index (χ1) is 5.90. The fourth-order valence-electron chi connectivity index (χ4n) is 1.34. The average molecular weight is 156 g/mol. The van der Waals surface area contributed by atoms with Gasteiger partial charge in [0.1, 0.15) is 0 Å². The van der Waals surface area contributed by atoms with Gasteiger partial charge in [-0.25, -0.2) is 0 Å². The van der Waals surface area contributed by atoms with Crippen molar-refractivity contribution in [3.05, 3.63) is 48.7 Å². The highest BCUT2D eigenvalue weighted by atomic mass is 14.7. The first-order valence-corrected chi connectivity index (χ1v) is 3.99. The summed E-state index contributed by atoms with van der Waals surface area (Å²) in [4.78, 5) is 3.31. The van der Waals surface area contributed by atoms with E-state index in [4.69, 9.17) is 0 Å². The number of H-pyrrole nitrogens is 1. The Bertz CT molecular complexity index is 365. The van der Waals surface area contributed by atoms with E-state index < -0.39 is 0 Å². The minimum atomic E-state index is 0.898. The lowest BCUT2D eigenvalue weighted by Gasteiger charge is -1.86. The van der Waals surface area contributed by atoms with E-state index in [0.29, 0.717) is 0 Å². The Hall–Kier alpha value is -1.50. The summed E-state index contributed by atoms with van der Waals surface area (Å²) in [7, 11) is 0. The Kier molecular flexibility index (Phi) is 1.71. The van der Waals surface area contributed by atoms with Crippen LogP contribution in [-0.2, 0) is 6.42 Å². The SMILES string of the molecule is C=CCc1cc2c[c]ccc2[nH]1. The molecule has 0 atom stereocenters. The van der Waals surface area contributed by atoms with Crippen LogP contribution in [0.25, 0.3) is 10.9 Å². The molecule has 1 N–H and O–H groups in total. The first-order valence-electron chi connectivity index (χ1n) is 3.99. The number of fused-ring (bicyclic) bond motifs is 1. The molecule has 1 radical (unpaired) electrons. The van der Waals surface area contributed by atoms with Gasteiger partial charge in [-0.3, -0.25) is 0 Å². The van der Waals surface area contributed by atoms with Crippen LogP contribution in [0.3, 0.4) is 0 Å². The second-order valence-corrected chi connectivity index (χ2v) is 2.80. The summed E-state index contributed by atoms with van der Waals surface area (Å²) in [5.41, 5.74) is 2.38. The van der Waals surface area contributed by atoms with E-state index in [9.17, 15) is 0 Å². The zero-order chi connectivity index (χ0) is 8.39. The maximum absolute atomic E-state index is 3.70. The number of nitrogens with one attached hydrogen (secondary N) is 1. The van der Waals surface area contributed by atoms with Gasteiger partial charge in [-0.05, 0) is 24.3 Å². The quantitative estimate of drug-likeness (QED) is 0.643. The molecule has 0 fully saturated rings. The summed E-state index contributed by atoms with van der Waals surface area (Å²) in [6, 6.07) is 11.1. The molecule has 1 aromatic carbocycles. The summed E-state index contributed by atoms with van der Waals surface area (Å²) in [6.45, 7) is 3.70. The van der Waals surface area contributed by atoms with Gasteiger partial charge in [-0.1, -0.05) is 12.1 Å². The van der Waals surface area contributed by atoms with Crippen LogP contribution in [0.15, 0.2) is 36.9 Å². The number of allylic oxidation sites excluding steroid dienone is 1. The number of benzene rings is 1. The number of rotatable bonds is 2. The van der Waals surface area contributed by atoms with E-state index in [1.54, 1.807) is 0 Å². The van der Waals surface area contributed by atoms with Crippen molar-refractivity contribution in [2.24, 2.45) is 0 Å². The molecule has 1 heterocycles. The molecule has 2 aromatic rings. The third kappa shape index (κ3) is 1.14. The van der Waals surface area contributed by atoms with Crippen molar-refractivity contribution >= 4 is 10.9 Å². The number of hydrogen-bond donors (Lipinski definition) is 1. The average Bonchev–Trinajstić information content (AvgIpc) is 2.47. The molecule has 0 aliphatic rings. The summed E-state index contributed by atoms with van der Waals surface area (Å²) in [5.74, 6) is 0. The Labute approximate surface area is 71.7 Å². The minimum Gasteiger partial charge on any atom is -0.358 e. The van der Waals surface area contributed by atoms with Crippen LogP contribution in [0.4, 0.5) is 0 Å². The minimum absolute atomic E-state index is 0.898. The van der Waals surface area contributed by atoms with Crippen LogP contribution in [0.2, 0.25) is 0 Å². The molecule has 0 saturated heterocycles. The molecule has 0 aliphatic carbocycles. The van der Waals surface area contributed by atoms with Gasteiger partial charge >= 0.3 is 0 Å². The predicted octanol–water partition coefficient (Wildman–Crippen LogP) is 2.70. The van der Waals surface area contributed by atoms with E-state index in [-0.39, 0.29) is 0 Å². The maximum atomic E-state index is 3.70. The molecule has 0 unspecified atom stereocenters. The lowest BCUT2D eigenvalue weighted by Crippen LogP contribution is -1.76. The molecule has 0 saturated carbocycles. The molecular formula is C11H10N. The second kappa shape index (κ2) is 2.86. The molecule has 0 bridgehead atoms. The summed E-state index contributed by atoms with van der Waals surface area (Å²) >= 11 is 0. The van der Waals surface area contributed by atoms with Crippen LogP contribution in [0.1, 0.15) is 5.69 Å². The van der Waals surface area contributed by atoms with Crippen molar-refractivity contribution in [3.8, 4) is 0 Å². The zero-order valence-electron chi connectivity index (χ0n) is 6.80. The van der Waals surface area contributed by atoms with Gasteiger partial charge in [0.25, 0.3) is 0 Å². The largest absolute Gasteiger partial charge is 0.358 e. The molecule has 0 amide bonds. The van der Waals surface area contributed by atoms with Crippen LogP contribution in [0.5, 0.6) is 0 Å². The zero-order valence-corrected chi connectivity index (χ0v) is 6.80. The van der Waals surface area contributed by atoms with Crippen molar-refractivity contribution in [3.63, 3.8) is 0 Å². The molecule has 1 nitrogen and oxygen atoms in total. The van der Waals surface area contributed by atoms with E-state index in [2.05, 4.69) is 23.7 Å². The smallest absolute Gasteiger partial charge is 0.0456 e. The highest BCUT2D eigenvalue weighted by Crippen LogP contribution is 2.14. The Morgan fingerprint density at radius 2 is 2.50 bits per heavy atom. The maximum Gasteiger partial charge on any atom is 0.0456 e. The lowest BCUT2D eigenvalue weighted by molar-refractivity contribution is 1.17. The highest BCUT2D eigenvalue weighted by Gasteiger charge is 1.96. The summed E-state index contributed by atoms with van der Waals surface area (Å²) < 4.78 is 0. The summed E-state index contributed by atoms with van der Waals surface area (Å²) in [5, 5.41) is 1.22. The van der Waals surface area contributed by atoms with Crippen molar-refractivity contribution in [2.45, 2.75) is 6.42 Å². The fraction of sp³-hybridized carbons (Fsp3) is 0.0909. The van der Waals surface area contributed by atoms with Crippen molar-refractivity contribution in [1.29, 1.82) is 0 Å². The Morgan fingerprint density at radius 1 is 1.58 bits per heavy atom. The van der Waals surface area contributed by atoms with Gasteiger partial charge in [-0.2, -0.15) is 0 Å². The molecule has 59 valence electrons. The standard InChI is InChI=1S/C11H10N/c1-2-5-10-8-9-6-3-4-7-11(9)12-10/h2,4,6-8,12H,1,5H2. The third-order valence-corrected chi connectivity index (χ3v) is 1.89. The van der Waals surface area contributed by atoms with E-state index in [0.717, 1.165) is 6.42 Å². The molecule has 1 heteroatoms. The van der Waals surface area contributed by atoms with Crippen LogP contribution in [0, 0.1) is 6.07 Å². The van der Waals surface area contributed by atoms with Gasteiger partial charge in [-0.15, -0.1) is 6.58 Å². The Balaban J connectivity index is 2.54. The van der Waals surface area contributed by atoms with Crippen molar-refractivity contribution in [2.75, 3.05) is 0 Å². The van der Waals surface area contributed by atoms with Gasteiger partial charge in [0.2, 0.25) is 0 Å². The molecule has 0 aliphatic heterocycles. The fourth-order valence-corrected chi connectivity index (χ4v) is 1.34. The number of hydrogen-bond acceptors (Lipinski definition) is 0. The third-order valence-electron chi connectivity index (χ3n) is 1.89. The first kappa shape index (κ1) is 7.17. The van der Waals surface area contributed by atoms with Crippen molar-refractivity contribution in [1.82, 2.24) is 4.98 Å². The molecule has 1 aromatic heterocycles. The van der Waals surface area contributed by atoms with E-state index >= 15 is 0 Å². The molecule has 0 spiro atoms. The van der Waals surface area contributed by atoms with Crippen LogP contribution < -0.4 is 0 Å². The summed E-state index contributed by atoms with van der Waals surface area (Å²) in [6.07, 6.45) is 2.79. The van der Waals surface area contributed by atoms with Crippen molar-refractivity contribution < 1.29 is 0 Å². The van der Waals surface area contributed by atoms with Gasteiger partial charge < -0.3 is 4.98 Å². The second-order valence-electron chi connectivity index (χ2n) is 2.80. The monoisotopic (exact) mass is 156 g/mol. The van der Waals surface area contributed by atoms with Crippen LogP contribution >= 0.6 is 0 Å². The topological polar surface area (TPSA) is 15.8 Å². The predicted molar refractivity (Wildman–Crippen MR) is 51.0 cm³/mol. The number of aromatic amines is 1. The van der Waals surface area contributed by atoms with Gasteiger partial charge in [0.05, 0.1) is 0 Å². The molecule has 12 heavy (non-hydrogen) atoms. The normalized spacial score (nSPS) is 10.3. The van der Waals surface area contributed by atoms with Gasteiger partial charge in [0.15, 0.2) is 0 Å².